The smallest absolute Gasteiger partial charge is 0.244 e. The van der Waals surface area contributed by atoms with E-state index in [4.69, 9.17) is 0 Å². The lowest BCUT2D eigenvalue weighted by Crippen LogP contribution is -2.09. The lowest BCUT2D eigenvalue weighted by molar-refractivity contribution is 0.929. The van der Waals surface area contributed by atoms with Crippen molar-refractivity contribution >= 4 is 28.4 Å². The van der Waals surface area contributed by atoms with E-state index < -0.39 is 0 Å². The normalized spacial score (nSPS) is 10.6. The first kappa shape index (κ1) is 16.0. The number of nitrogens with zero attached hydrogens (tertiary/aromatic N) is 4. The Bertz CT molecular complexity index is 998. The minimum Gasteiger partial charge on any atom is -0.353 e. The van der Waals surface area contributed by atoms with Crippen LogP contribution in [-0.2, 0) is 6.42 Å². The Kier molecular flexibility index (Phi) is 4.64. The molecule has 0 unspecified atom stereocenters. The Morgan fingerprint density at radius 2 is 1.77 bits per heavy atom. The second-order valence-corrected chi connectivity index (χ2v) is 5.83. The number of para-hydroxylation sites is 1. The fraction of sp³-hybridized carbons (Fsp3) is 0.100. The van der Waals surface area contributed by atoms with Gasteiger partial charge in [-0.1, -0.05) is 48.5 Å². The molecule has 0 amide bonds. The molecule has 26 heavy (non-hydrogen) atoms. The average molecular weight is 342 g/mol. The molecule has 0 radical (unpaired) electrons. The minimum absolute atomic E-state index is 0.499. The number of anilines is 3. The molecule has 128 valence electrons. The van der Waals surface area contributed by atoms with Gasteiger partial charge in [0.25, 0.3) is 0 Å². The molecular weight excluding hydrogens is 324 g/mol. The summed E-state index contributed by atoms with van der Waals surface area (Å²) in [6, 6.07) is 20.2. The van der Waals surface area contributed by atoms with Crippen molar-refractivity contribution in [2.75, 3.05) is 17.2 Å². The van der Waals surface area contributed by atoms with Gasteiger partial charge >= 0.3 is 0 Å². The standard InChI is InChI=1S/C20H18N6/c1-2-6-15(7-3-1)11-13-22-20-25-18(14-23-26-20)24-17-10-4-8-16-9-5-12-21-19(16)17/h1-10,12,14H,11,13H2,(H2,22,24,25,26). The Labute approximate surface area is 151 Å². The summed E-state index contributed by atoms with van der Waals surface area (Å²) < 4.78 is 0. The molecule has 6 nitrogen and oxygen atoms in total. The van der Waals surface area contributed by atoms with Crippen molar-refractivity contribution in [1.82, 2.24) is 20.2 Å². The van der Waals surface area contributed by atoms with Crippen molar-refractivity contribution in [3.63, 3.8) is 0 Å². The van der Waals surface area contributed by atoms with E-state index in [0.29, 0.717) is 11.8 Å². The summed E-state index contributed by atoms with van der Waals surface area (Å²) in [5, 5.41) is 15.6. The molecular formula is C20H18N6. The van der Waals surface area contributed by atoms with E-state index in [0.717, 1.165) is 29.6 Å². The van der Waals surface area contributed by atoms with Crippen LogP contribution in [0.5, 0.6) is 0 Å². The number of rotatable bonds is 6. The average Bonchev–Trinajstić information content (AvgIpc) is 2.70. The van der Waals surface area contributed by atoms with Crippen molar-refractivity contribution in [2.24, 2.45) is 0 Å². The molecule has 0 saturated carbocycles. The first-order valence-corrected chi connectivity index (χ1v) is 8.47. The fourth-order valence-corrected chi connectivity index (χ4v) is 2.75. The number of hydrogen-bond acceptors (Lipinski definition) is 6. The predicted octanol–water partition coefficient (Wildman–Crippen LogP) is 3.82. The van der Waals surface area contributed by atoms with Crippen LogP contribution in [0.1, 0.15) is 5.56 Å². The molecule has 0 bridgehead atoms. The molecule has 0 atom stereocenters. The molecule has 6 heteroatoms. The third-order valence-corrected chi connectivity index (χ3v) is 3.99. The number of nitrogens with one attached hydrogen (secondary N) is 2. The van der Waals surface area contributed by atoms with Crippen LogP contribution >= 0.6 is 0 Å². The van der Waals surface area contributed by atoms with Crippen LogP contribution < -0.4 is 10.6 Å². The number of fused-ring (bicyclic) bond motifs is 1. The molecule has 0 aliphatic rings. The van der Waals surface area contributed by atoms with Gasteiger partial charge in [0.05, 0.1) is 17.4 Å². The Balaban J connectivity index is 1.45. The van der Waals surface area contributed by atoms with E-state index >= 15 is 0 Å². The summed E-state index contributed by atoms with van der Waals surface area (Å²) in [5.74, 6) is 1.12. The van der Waals surface area contributed by atoms with Crippen LogP contribution in [0.4, 0.5) is 17.5 Å². The summed E-state index contributed by atoms with van der Waals surface area (Å²) in [6.07, 6.45) is 4.28. The number of aromatic nitrogens is 4. The van der Waals surface area contributed by atoms with Crippen molar-refractivity contribution < 1.29 is 0 Å². The summed E-state index contributed by atoms with van der Waals surface area (Å²) >= 11 is 0. The third-order valence-electron chi connectivity index (χ3n) is 3.99. The minimum atomic E-state index is 0.499. The van der Waals surface area contributed by atoms with E-state index in [2.05, 4.69) is 42.9 Å². The molecule has 4 rings (SSSR count). The third kappa shape index (κ3) is 3.75. The lowest BCUT2D eigenvalue weighted by Gasteiger charge is -2.09. The van der Waals surface area contributed by atoms with Gasteiger partial charge in [-0.15, -0.1) is 5.10 Å². The second kappa shape index (κ2) is 7.57. The topological polar surface area (TPSA) is 75.6 Å². The molecule has 2 heterocycles. The summed E-state index contributed by atoms with van der Waals surface area (Å²) in [4.78, 5) is 8.92. The second-order valence-electron chi connectivity index (χ2n) is 5.83. The van der Waals surface area contributed by atoms with E-state index in [9.17, 15) is 0 Å². The van der Waals surface area contributed by atoms with Crippen LogP contribution in [0.2, 0.25) is 0 Å². The number of pyridine rings is 1. The predicted molar refractivity (Wildman–Crippen MR) is 103 cm³/mol. The monoisotopic (exact) mass is 342 g/mol. The van der Waals surface area contributed by atoms with Crippen LogP contribution in [0.15, 0.2) is 73.1 Å². The number of benzene rings is 2. The van der Waals surface area contributed by atoms with Crippen LogP contribution in [0.3, 0.4) is 0 Å². The summed E-state index contributed by atoms with van der Waals surface area (Å²) in [7, 11) is 0. The van der Waals surface area contributed by atoms with E-state index in [1.807, 2.05) is 48.5 Å². The van der Waals surface area contributed by atoms with Gasteiger partial charge < -0.3 is 10.6 Å². The molecule has 2 aromatic heterocycles. The van der Waals surface area contributed by atoms with E-state index in [-0.39, 0.29) is 0 Å². The Morgan fingerprint density at radius 1 is 0.885 bits per heavy atom. The molecule has 0 aliphatic carbocycles. The van der Waals surface area contributed by atoms with Gasteiger partial charge in [-0.25, -0.2) is 0 Å². The zero-order valence-electron chi connectivity index (χ0n) is 14.1. The van der Waals surface area contributed by atoms with Gasteiger partial charge in [0.15, 0.2) is 5.82 Å². The van der Waals surface area contributed by atoms with Gasteiger partial charge in [0.1, 0.15) is 0 Å². The molecule has 0 saturated heterocycles. The molecule has 4 aromatic rings. The Hall–Kier alpha value is -3.54. The van der Waals surface area contributed by atoms with E-state index in [1.165, 1.54) is 5.56 Å². The zero-order chi connectivity index (χ0) is 17.6. The summed E-state index contributed by atoms with van der Waals surface area (Å²) in [5.41, 5.74) is 3.05. The van der Waals surface area contributed by atoms with Crippen molar-refractivity contribution in [1.29, 1.82) is 0 Å². The van der Waals surface area contributed by atoms with Gasteiger partial charge in [0, 0.05) is 18.1 Å². The molecule has 2 N–H and O–H groups in total. The summed E-state index contributed by atoms with van der Waals surface area (Å²) in [6.45, 7) is 0.741. The fourth-order valence-electron chi connectivity index (χ4n) is 2.75. The van der Waals surface area contributed by atoms with Crippen molar-refractivity contribution in [3.05, 3.63) is 78.6 Å². The van der Waals surface area contributed by atoms with Crippen molar-refractivity contribution in [2.45, 2.75) is 6.42 Å². The first-order chi connectivity index (χ1) is 12.9. The zero-order valence-corrected chi connectivity index (χ0v) is 14.1. The van der Waals surface area contributed by atoms with Crippen LogP contribution in [0, 0.1) is 0 Å². The van der Waals surface area contributed by atoms with Crippen molar-refractivity contribution in [3.8, 4) is 0 Å². The van der Waals surface area contributed by atoms with Gasteiger partial charge in [-0.2, -0.15) is 10.1 Å². The maximum atomic E-state index is 4.48. The van der Waals surface area contributed by atoms with E-state index in [1.54, 1.807) is 12.4 Å². The Morgan fingerprint density at radius 3 is 2.69 bits per heavy atom. The maximum Gasteiger partial charge on any atom is 0.244 e. The lowest BCUT2D eigenvalue weighted by atomic mass is 10.1. The van der Waals surface area contributed by atoms with Gasteiger partial charge in [0.2, 0.25) is 5.95 Å². The number of hydrogen-bond donors (Lipinski definition) is 2. The highest BCUT2D eigenvalue weighted by atomic mass is 15.3. The first-order valence-electron chi connectivity index (χ1n) is 8.47. The molecule has 0 spiro atoms. The van der Waals surface area contributed by atoms with Crippen LogP contribution in [0.25, 0.3) is 10.9 Å². The van der Waals surface area contributed by atoms with Gasteiger partial charge in [-0.05, 0) is 24.1 Å². The van der Waals surface area contributed by atoms with Gasteiger partial charge in [-0.3, -0.25) is 4.98 Å². The quantitative estimate of drug-likeness (QED) is 0.555. The highest BCUT2D eigenvalue weighted by molar-refractivity contribution is 5.91. The van der Waals surface area contributed by atoms with Crippen LogP contribution in [-0.4, -0.2) is 26.7 Å². The molecule has 2 aromatic carbocycles. The highest BCUT2D eigenvalue weighted by Crippen LogP contribution is 2.23. The maximum absolute atomic E-state index is 4.48. The SMILES string of the molecule is c1ccc(CCNc2nncc(Nc3cccc4cccnc34)n2)cc1. The highest BCUT2D eigenvalue weighted by Gasteiger charge is 2.05. The largest absolute Gasteiger partial charge is 0.353 e. The molecule has 0 fully saturated rings. The molecule has 0 aliphatic heterocycles.